The van der Waals surface area contributed by atoms with Crippen molar-refractivity contribution in [3.05, 3.63) is 77.1 Å². The number of carbonyl (C=O) groups excluding carboxylic acids is 1. The molecule has 0 spiro atoms. The first-order valence-electron chi connectivity index (χ1n) is 9.15. The number of carboxylic acids is 1. The Hall–Kier alpha value is -4.14. The van der Waals surface area contributed by atoms with E-state index in [4.69, 9.17) is 4.74 Å². The summed E-state index contributed by atoms with van der Waals surface area (Å²) in [6.07, 6.45) is 1.52. The summed E-state index contributed by atoms with van der Waals surface area (Å²) in [5.41, 5.74) is 2.38. The molecule has 1 amide bonds. The van der Waals surface area contributed by atoms with Crippen molar-refractivity contribution < 1.29 is 19.4 Å². The number of nitrogens with one attached hydrogen (secondary N) is 2. The molecule has 0 fully saturated rings. The molecule has 2 heterocycles. The maximum Gasteiger partial charge on any atom is 0.352 e. The summed E-state index contributed by atoms with van der Waals surface area (Å²) in [5, 5.41) is 23.2. The highest BCUT2D eigenvalue weighted by Crippen LogP contribution is 2.32. The lowest BCUT2D eigenvalue weighted by Gasteiger charge is -2.23. The number of allylic oxidation sites excluding steroid dienone is 1. The quantitative estimate of drug-likeness (QED) is 0.597. The summed E-state index contributed by atoms with van der Waals surface area (Å²) in [4.78, 5) is 24.5. The topological polar surface area (TPSA) is 118 Å². The fourth-order valence-electron chi connectivity index (χ4n) is 3.15. The first-order valence-corrected chi connectivity index (χ1v) is 9.15. The smallest absolute Gasteiger partial charge is 0.352 e. The number of aromatic nitrogens is 3. The van der Waals surface area contributed by atoms with Gasteiger partial charge in [0.15, 0.2) is 11.5 Å². The Morgan fingerprint density at radius 3 is 2.47 bits per heavy atom. The molecule has 3 N–H and O–H groups in total. The van der Waals surface area contributed by atoms with Gasteiger partial charge in [-0.05, 0) is 42.8 Å². The Morgan fingerprint density at radius 1 is 1.13 bits per heavy atom. The van der Waals surface area contributed by atoms with Crippen molar-refractivity contribution in [1.29, 1.82) is 0 Å². The normalized spacial score (nSPS) is 14.9. The fraction of sp³-hybridized carbons (Fsp3) is 0.143. The van der Waals surface area contributed by atoms with Gasteiger partial charge in [0.05, 0.1) is 7.11 Å². The van der Waals surface area contributed by atoms with Gasteiger partial charge < -0.3 is 20.5 Å². The molecule has 2 aromatic carbocycles. The molecule has 0 saturated heterocycles. The number of hydrogen-bond acceptors (Lipinski definition) is 6. The Morgan fingerprint density at radius 2 is 1.83 bits per heavy atom. The second-order valence-corrected chi connectivity index (χ2v) is 6.78. The molecule has 1 atom stereocenters. The van der Waals surface area contributed by atoms with Crippen LogP contribution in [-0.2, 0) is 4.79 Å². The van der Waals surface area contributed by atoms with Gasteiger partial charge in [-0.2, -0.15) is 0 Å². The minimum atomic E-state index is -1.15. The van der Waals surface area contributed by atoms with Crippen LogP contribution < -0.4 is 15.4 Å². The third kappa shape index (κ3) is 3.60. The predicted octanol–water partition coefficient (Wildman–Crippen LogP) is 2.83. The third-order valence-electron chi connectivity index (χ3n) is 4.75. The van der Waals surface area contributed by atoms with E-state index in [1.54, 1.807) is 31.4 Å². The maximum absolute atomic E-state index is 12.8. The van der Waals surface area contributed by atoms with Crippen LogP contribution in [0.2, 0.25) is 0 Å². The Bertz CT molecular complexity index is 1130. The number of fused-ring (bicyclic) bond motifs is 1. The van der Waals surface area contributed by atoms with E-state index >= 15 is 0 Å². The zero-order valence-corrected chi connectivity index (χ0v) is 16.3. The van der Waals surface area contributed by atoms with E-state index in [0.29, 0.717) is 11.4 Å². The zero-order chi connectivity index (χ0) is 21.3. The van der Waals surface area contributed by atoms with Crippen LogP contribution in [0.25, 0.3) is 0 Å². The number of aryl methyl sites for hydroxylation is 1. The van der Waals surface area contributed by atoms with E-state index in [1.165, 1.54) is 10.8 Å². The maximum atomic E-state index is 12.8. The van der Waals surface area contributed by atoms with E-state index in [9.17, 15) is 14.7 Å². The van der Waals surface area contributed by atoms with Crippen LogP contribution in [0.5, 0.6) is 5.75 Å². The molecule has 4 rings (SSSR count). The molecule has 0 bridgehead atoms. The lowest BCUT2D eigenvalue weighted by Crippen LogP contribution is -2.25. The highest BCUT2D eigenvalue weighted by Gasteiger charge is 2.30. The molecule has 0 radical (unpaired) electrons. The number of nitrogens with zero attached hydrogens (tertiary/aromatic N) is 3. The number of aliphatic carboxylic acids is 1. The van der Waals surface area contributed by atoms with Crippen molar-refractivity contribution in [1.82, 2.24) is 15.0 Å². The van der Waals surface area contributed by atoms with Crippen molar-refractivity contribution >= 4 is 23.4 Å². The number of carboxylic acid groups (broad SMARTS) is 1. The molecule has 30 heavy (non-hydrogen) atoms. The van der Waals surface area contributed by atoms with Gasteiger partial charge in [0.25, 0.3) is 5.91 Å². The largest absolute Gasteiger partial charge is 0.497 e. The van der Waals surface area contributed by atoms with E-state index in [1.807, 2.05) is 31.2 Å². The van der Waals surface area contributed by atoms with Crippen molar-refractivity contribution in [3.8, 4) is 5.75 Å². The van der Waals surface area contributed by atoms with Gasteiger partial charge in [0.2, 0.25) is 0 Å². The summed E-state index contributed by atoms with van der Waals surface area (Å²) in [6, 6.07) is 13.9. The molecular formula is C21H19N5O4. The summed E-state index contributed by atoms with van der Waals surface area (Å²) in [5.74, 6) is -0.758. The summed E-state index contributed by atoms with van der Waals surface area (Å²) >= 11 is 0. The monoisotopic (exact) mass is 405 g/mol. The molecule has 152 valence electrons. The van der Waals surface area contributed by atoms with Gasteiger partial charge in [-0.1, -0.05) is 35.0 Å². The van der Waals surface area contributed by atoms with Gasteiger partial charge in [-0.25, -0.2) is 9.48 Å². The van der Waals surface area contributed by atoms with Crippen LogP contribution in [0.3, 0.4) is 0 Å². The molecule has 9 heteroatoms. The highest BCUT2D eigenvalue weighted by atomic mass is 16.5. The average Bonchev–Trinajstić information content (AvgIpc) is 3.19. The first kappa shape index (κ1) is 19.2. The number of ether oxygens (including phenoxy) is 1. The second-order valence-electron chi connectivity index (χ2n) is 6.78. The van der Waals surface area contributed by atoms with E-state index in [2.05, 4.69) is 20.9 Å². The minimum absolute atomic E-state index is 0.000867. The number of amides is 1. The first-order chi connectivity index (χ1) is 14.5. The van der Waals surface area contributed by atoms with Crippen LogP contribution in [-0.4, -0.2) is 39.1 Å². The van der Waals surface area contributed by atoms with Gasteiger partial charge >= 0.3 is 5.97 Å². The summed E-state index contributed by atoms with van der Waals surface area (Å²) in [7, 11) is 1.57. The summed E-state index contributed by atoms with van der Waals surface area (Å²) < 4.78 is 6.66. The molecular weight excluding hydrogens is 386 g/mol. The lowest BCUT2D eigenvalue weighted by atomic mass is 10.0. The molecule has 1 aliphatic rings. The number of rotatable bonds is 5. The lowest BCUT2D eigenvalue weighted by molar-refractivity contribution is -0.132. The molecule has 0 unspecified atom stereocenters. The van der Waals surface area contributed by atoms with Crippen LogP contribution in [0.15, 0.2) is 60.3 Å². The van der Waals surface area contributed by atoms with Crippen molar-refractivity contribution in [2.75, 3.05) is 17.7 Å². The SMILES string of the molecule is COc1ccc([C@@H]2C=C(C(=O)O)Nc3c(C(=O)Nc4ccc(C)cc4)nnn32)cc1. The van der Waals surface area contributed by atoms with Gasteiger partial charge in [-0.15, -0.1) is 5.10 Å². The van der Waals surface area contributed by atoms with Crippen molar-refractivity contribution in [2.45, 2.75) is 13.0 Å². The van der Waals surface area contributed by atoms with Crippen LogP contribution in [0.1, 0.15) is 27.7 Å². The summed E-state index contributed by atoms with van der Waals surface area (Å²) in [6.45, 7) is 1.95. The molecule has 0 aliphatic carbocycles. The zero-order valence-electron chi connectivity index (χ0n) is 16.3. The van der Waals surface area contributed by atoms with E-state index < -0.39 is 17.9 Å². The van der Waals surface area contributed by atoms with Crippen molar-refractivity contribution in [2.24, 2.45) is 0 Å². The number of benzene rings is 2. The Balaban J connectivity index is 1.69. The third-order valence-corrected chi connectivity index (χ3v) is 4.75. The van der Waals surface area contributed by atoms with Gasteiger partial charge in [0.1, 0.15) is 17.5 Å². The molecule has 1 aliphatic heterocycles. The molecule has 0 saturated carbocycles. The Kier molecular flexibility index (Phi) is 4.93. The molecule has 1 aromatic heterocycles. The van der Waals surface area contributed by atoms with Crippen molar-refractivity contribution in [3.63, 3.8) is 0 Å². The van der Waals surface area contributed by atoms with Crippen LogP contribution in [0.4, 0.5) is 11.5 Å². The Labute approximate surface area is 172 Å². The van der Waals surface area contributed by atoms with E-state index in [-0.39, 0.29) is 17.2 Å². The second kappa shape index (κ2) is 7.70. The number of anilines is 2. The molecule has 3 aromatic rings. The fourth-order valence-corrected chi connectivity index (χ4v) is 3.15. The van der Waals surface area contributed by atoms with E-state index in [0.717, 1.165) is 11.1 Å². The van der Waals surface area contributed by atoms with Crippen LogP contribution >= 0.6 is 0 Å². The van der Waals surface area contributed by atoms with Gasteiger partial charge in [0, 0.05) is 5.69 Å². The average molecular weight is 405 g/mol. The van der Waals surface area contributed by atoms with Crippen LogP contribution in [0, 0.1) is 6.92 Å². The number of hydrogen-bond donors (Lipinski definition) is 3. The van der Waals surface area contributed by atoms with Gasteiger partial charge in [-0.3, -0.25) is 4.79 Å². The predicted molar refractivity (Wildman–Crippen MR) is 110 cm³/mol. The number of methoxy groups -OCH3 is 1. The number of carbonyl (C=O) groups is 2. The highest BCUT2D eigenvalue weighted by molar-refractivity contribution is 6.07. The standard InChI is InChI=1S/C21H19N5O4/c1-12-3-7-14(8-4-12)22-20(27)18-19-23-16(21(28)29)11-17(26(19)25-24-18)13-5-9-15(30-2)10-6-13/h3-11,17,23H,1-2H3,(H,22,27)(H,28,29)/t17-/m0/s1. The minimum Gasteiger partial charge on any atom is -0.497 e. The molecule has 9 nitrogen and oxygen atoms in total.